The number of amides is 2. The number of carbonyl (C=O) groups is 2. The van der Waals surface area contributed by atoms with Crippen LogP contribution in [0.5, 0.6) is 0 Å². The van der Waals surface area contributed by atoms with E-state index in [0.29, 0.717) is 31.9 Å². The maximum absolute atomic E-state index is 12.4. The Morgan fingerprint density at radius 1 is 0.931 bits per heavy atom. The third-order valence-corrected chi connectivity index (χ3v) is 6.07. The highest BCUT2D eigenvalue weighted by atomic mass is 35.5. The van der Waals surface area contributed by atoms with Gasteiger partial charge in [0.15, 0.2) is 0 Å². The van der Waals surface area contributed by atoms with E-state index >= 15 is 0 Å². The van der Waals surface area contributed by atoms with Gasteiger partial charge in [-0.15, -0.1) is 11.8 Å². The first-order valence-corrected chi connectivity index (χ1v) is 11.3. The lowest BCUT2D eigenvalue weighted by Crippen LogP contribution is -2.51. The summed E-state index contributed by atoms with van der Waals surface area (Å²) in [6, 6.07) is 17.6. The molecule has 0 unspecified atom stereocenters. The predicted molar refractivity (Wildman–Crippen MR) is 119 cm³/mol. The number of nitrogens with one attached hydrogen (secondary N) is 1. The van der Waals surface area contributed by atoms with Gasteiger partial charge in [-0.1, -0.05) is 54.1 Å². The van der Waals surface area contributed by atoms with E-state index in [1.54, 1.807) is 11.8 Å². The van der Waals surface area contributed by atoms with E-state index in [-0.39, 0.29) is 11.8 Å². The van der Waals surface area contributed by atoms with Crippen molar-refractivity contribution in [3.05, 3.63) is 70.7 Å². The smallest absolute Gasteiger partial charge is 0.234 e. The molecular weight excluding hydrogens is 406 g/mol. The van der Waals surface area contributed by atoms with Crippen LogP contribution in [0, 0.1) is 0 Å². The third-order valence-electron chi connectivity index (χ3n) is 4.83. The Labute approximate surface area is 181 Å². The van der Waals surface area contributed by atoms with Gasteiger partial charge in [0, 0.05) is 43.5 Å². The molecule has 0 saturated carbocycles. The van der Waals surface area contributed by atoms with Crippen molar-refractivity contribution in [3.63, 3.8) is 0 Å². The molecule has 5 nitrogen and oxygen atoms in total. The highest BCUT2D eigenvalue weighted by Crippen LogP contribution is 2.16. The number of hydrogen-bond donors (Lipinski definition) is 1. The quantitative estimate of drug-likeness (QED) is 0.698. The molecule has 0 atom stereocenters. The number of halogens is 1. The SMILES string of the molecule is O=C(CN1CCN(C(=O)CSCc2ccc(Cl)cc2)CC1)NCc1ccccc1. The summed E-state index contributed by atoms with van der Waals surface area (Å²) in [4.78, 5) is 28.6. The standard InChI is InChI=1S/C22H26ClN3O2S/c23-20-8-6-19(7-9-20)16-29-17-22(28)26-12-10-25(11-13-26)15-21(27)24-14-18-4-2-1-3-5-18/h1-9H,10-17H2,(H,24,27). The molecule has 0 aromatic heterocycles. The van der Waals surface area contributed by atoms with Crippen LogP contribution in [0.1, 0.15) is 11.1 Å². The minimum absolute atomic E-state index is 0.0205. The lowest BCUT2D eigenvalue weighted by Gasteiger charge is -2.34. The summed E-state index contributed by atoms with van der Waals surface area (Å²) in [5, 5.41) is 3.68. The molecule has 1 aliphatic rings. The van der Waals surface area contributed by atoms with Crippen molar-refractivity contribution < 1.29 is 9.59 Å². The number of thioether (sulfide) groups is 1. The maximum Gasteiger partial charge on any atom is 0.234 e. The second-order valence-electron chi connectivity index (χ2n) is 7.04. The number of nitrogens with zero attached hydrogens (tertiary/aromatic N) is 2. The van der Waals surface area contributed by atoms with Gasteiger partial charge in [0.1, 0.15) is 0 Å². The van der Waals surface area contributed by atoms with Gasteiger partial charge < -0.3 is 10.2 Å². The zero-order valence-corrected chi connectivity index (χ0v) is 17.9. The topological polar surface area (TPSA) is 52.7 Å². The Morgan fingerprint density at radius 3 is 2.31 bits per heavy atom. The highest BCUT2D eigenvalue weighted by Gasteiger charge is 2.22. The Balaban J connectivity index is 1.31. The lowest BCUT2D eigenvalue weighted by atomic mass is 10.2. The van der Waals surface area contributed by atoms with E-state index in [9.17, 15) is 9.59 Å². The van der Waals surface area contributed by atoms with Crippen LogP contribution in [0.25, 0.3) is 0 Å². The summed E-state index contributed by atoms with van der Waals surface area (Å²) < 4.78 is 0. The third kappa shape index (κ3) is 7.38. The summed E-state index contributed by atoms with van der Waals surface area (Å²) in [6.45, 7) is 3.72. The fourth-order valence-electron chi connectivity index (χ4n) is 3.14. The molecule has 1 heterocycles. The molecule has 154 valence electrons. The van der Waals surface area contributed by atoms with Gasteiger partial charge in [0.2, 0.25) is 11.8 Å². The molecule has 1 N–H and O–H groups in total. The summed E-state index contributed by atoms with van der Waals surface area (Å²) in [6.07, 6.45) is 0. The van der Waals surface area contributed by atoms with E-state index < -0.39 is 0 Å². The number of hydrogen-bond acceptors (Lipinski definition) is 4. The average molecular weight is 432 g/mol. The second kappa shape index (κ2) is 11.2. The molecule has 1 fully saturated rings. The van der Waals surface area contributed by atoms with Gasteiger partial charge in [0.05, 0.1) is 12.3 Å². The molecule has 7 heteroatoms. The van der Waals surface area contributed by atoms with Crippen molar-refractivity contribution in [2.75, 3.05) is 38.5 Å². The zero-order valence-electron chi connectivity index (χ0n) is 16.4. The fourth-order valence-corrected chi connectivity index (χ4v) is 4.15. The first-order chi connectivity index (χ1) is 14.1. The van der Waals surface area contributed by atoms with E-state index in [0.717, 1.165) is 29.4 Å². The summed E-state index contributed by atoms with van der Waals surface area (Å²) >= 11 is 7.51. The molecule has 0 spiro atoms. The largest absolute Gasteiger partial charge is 0.351 e. The Morgan fingerprint density at radius 2 is 1.62 bits per heavy atom. The molecule has 3 rings (SSSR count). The van der Waals surface area contributed by atoms with Gasteiger partial charge in [-0.05, 0) is 23.3 Å². The number of piperazine rings is 1. The van der Waals surface area contributed by atoms with Crippen LogP contribution in [0.3, 0.4) is 0 Å². The van der Waals surface area contributed by atoms with Crippen molar-refractivity contribution in [3.8, 4) is 0 Å². The first kappa shape index (κ1) is 21.7. The first-order valence-electron chi connectivity index (χ1n) is 9.73. The summed E-state index contributed by atoms with van der Waals surface area (Å²) in [5.41, 5.74) is 2.26. The normalized spacial score (nSPS) is 14.6. The summed E-state index contributed by atoms with van der Waals surface area (Å²) in [5.74, 6) is 1.45. The molecule has 1 aliphatic heterocycles. The van der Waals surface area contributed by atoms with Crippen LogP contribution in [0.4, 0.5) is 0 Å². The minimum atomic E-state index is 0.0205. The monoisotopic (exact) mass is 431 g/mol. The molecule has 0 aliphatic carbocycles. The van der Waals surface area contributed by atoms with Crippen LogP contribution in [-0.2, 0) is 21.9 Å². The van der Waals surface area contributed by atoms with E-state index in [2.05, 4.69) is 10.2 Å². The van der Waals surface area contributed by atoms with Gasteiger partial charge in [-0.2, -0.15) is 0 Å². The van der Waals surface area contributed by atoms with Crippen molar-refractivity contribution in [1.82, 2.24) is 15.1 Å². The van der Waals surface area contributed by atoms with Crippen LogP contribution >= 0.6 is 23.4 Å². The second-order valence-corrected chi connectivity index (χ2v) is 8.46. The Kier molecular flexibility index (Phi) is 8.40. The highest BCUT2D eigenvalue weighted by molar-refractivity contribution is 7.99. The van der Waals surface area contributed by atoms with Gasteiger partial charge in [0.25, 0.3) is 0 Å². The van der Waals surface area contributed by atoms with Crippen LogP contribution in [0.2, 0.25) is 5.02 Å². The van der Waals surface area contributed by atoms with Crippen LogP contribution in [0.15, 0.2) is 54.6 Å². The molecular formula is C22H26ClN3O2S. The van der Waals surface area contributed by atoms with Crippen LogP contribution in [-0.4, -0.2) is 60.1 Å². The summed E-state index contributed by atoms with van der Waals surface area (Å²) in [7, 11) is 0. The van der Waals surface area contributed by atoms with E-state index in [1.165, 1.54) is 5.56 Å². The van der Waals surface area contributed by atoms with Gasteiger partial charge >= 0.3 is 0 Å². The number of rotatable bonds is 8. The Hall–Kier alpha value is -2.02. The number of carbonyl (C=O) groups excluding carboxylic acids is 2. The Bertz CT molecular complexity index is 793. The molecule has 0 bridgehead atoms. The van der Waals surface area contributed by atoms with E-state index in [1.807, 2.05) is 59.5 Å². The van der Waals surface area contributed by atoms with Crippen molar-refractivity contribution >= 4 is 35.2 Å². The molecule has 1 saturated heterocycles. The molecule has 29 heavy (non-hydrogen) atoms. The fraction of sp³-hybridized carbons (Fsp3) is 0.364. The molecule has 2 aromatic carbocycles. The lowest BCUT2D eigenvalue weighted by molar-refractivity contribution is -0.130. The van der Waals surface area contributed by atoms with Crippen molar-refractivity contribution in [2.24, 2.45) is 0 Å². The minimum Gasteiger partial charge on any atom is -0.351 e. The average Bonchev–Trinajstić information content (AvgIpc) is 2.75. The van der Waals surface area contributed by atoms with Crippen molar-refractivity contribution in [1.29, 1.82) is 0 Å². The zero-order chi connectivity index (χ0) is 20.5. The number of benzene rings is 2. The molecule has 2 aromatic rings. The van der Waals surface area contributed by atoms with Crippen molar-refractivity contribution in [2.45, 2.75) is 12.3 Å². The van der Waals surface area contributed by atoms with E-state index in [4.69, 9.17) is 11.6 Å². The van der Waals surface area contributed by atoms with Gasteiger partial charge in [-0.25, -0.2) is 0 Å². The molecule has 0 radical (unpaired) electrons. The predicted octanol–water partition coefficient (Wildman–Crippen LogP) is 3.03. The van der Waals surface area contributed by atoms with Gasteiger partial charge in [-0.3, -0.25) is 14.5 Å². The molecule has 2 amide bonds. The van der Waals surface area contributed by atoms with Crippen LogP contribution < -0.4 is 5.32 Å². The maximum atomic E-state index is 12.4.